The third-order valence-electron chi connectivity index (χ3n) is 3.06. The molecule has 3 nitrogen and oxygen atoms in total. The van der Waals surface area contributed by atoms with E-state index < -0.39 is 8.72 Å². The van der Waals surface area contributed by atoms with Gasteiger partial charge in [-0.15, -0.1) is 0 Å². The maximum atomic E-state index is 6.22. The van der Waals surface area contributed by atoms with Gasteiger partial charge in [0.15, 0.2) is 0 Å². The molecule has 0 spiro atoms. The zero-order valence-corrected chi connectivity index (χ0v) is 14.4. The Morgan fingerprint density at radius 1 is 1.00 bits per heavy atom. The van der Waals surface area contributed by atoms with Crippen molar-refractivity contribution in [3.8, 4) is 0 Å². The molecule has 110 valence electrons. The maximum absolute atomic E-state index is 6.22. The van der Waals surface area contributed by atoms with Gasteiger partial charge in [-0.3, -0.25) is 4.98 Å². The first kappa shape index (κ1) is 18.1. The van der Waals surface area contributed by atoms with E-state index in [1.807, 2.05) is 0 Å². The molecule has 0 amide bonds. The molecular formula is C14H33NO2Si. The van der Waals surface area contributed by atoms with E-state index in [2.05, 4.69) is 53.4 Å². The lowest BCUT2D eigenvalue weighted by Gasteiger charge is -2.42. The highest BCUT2D eigenvalue weighted by atomic mass is 28.4. The quantitative estimate of drug-likeness (QED) is 0.646. The molecule has 0 heterocycles. The van der Waals surface area contributed by atoms with E-state index in [1.165, 1.54) is 0 Å². The van der Waals surface area contributed by atoms with Crippen LogP contribution in [0.25, 0.3) is 0 Å². The van der Waals surface area contributed by atoms with E-state index in [-0.39, 0.29) is 5.04 Å². The van der Waals surface area contributed by atoms with Crippen LogP contribution in [-0.4, -0.2) is 28.0 Å². The minimum atomic E-state index is -2.37. The molecule has 1 unspecified atom stereocenters. The lowest BCUT2D eigenvalue weighted by molar-refractivity contribution is 0.131. The van der Waals surface area contributed by atoms with Crippen LogP contribution in [0.3, 0.4) is 0 Å². The van der Waals surface area contributed by atoms with Crippen molar-refractivity contribution < 1.29 is 8.85 Å². The van der Waals surface area contributed by atoms with Gasteiger partial charge in [0.05, 0.1) is 0 Å². The predicted octanol–water partition coefficient (Wildman–Crippen LogP) is 3.97. The first-order chi connectivity index (χ1) is 8.33. The highest BCUT2D eigenvalue weighted by molar-refractivity contribution is 6.68. The summed E-state index contributed by atoms with van der Waals surface area (Å²) in [7, 11) is -2.37. The van der Waals surface area contributed by atoms with Gasteiger partial charge in [-0.05, 0) is 19.3 Å². The van der Waals surface area contributed by atoms with Crippen LogP contribution in [0.1, 0.15) is 67.7 Å². The summed E-state index contributed by atoms with van der Waals surface area (Å²) in [5.74, 6) is 0. The fourth-order valence-corrected chi connectivity index (χ4v) is 5.08. The lowest BCUT2D eigenvalue weighted by atomic mass is 10.2. The summed E-state index contributed by atoms with van der Waals surface area (Å²) in [6.45, 7) is 16.9. The summed E-state index contributed by atoms with van der Waals surface area (Å²) in [5.41, 5.74) is 0. The van der Waals surface area contributed by atoms with E-state index in [1.54, 1.807) is 0 Å². The highest BCUT2D eigenvalue weighted by Gasteiger charge is 2.50. The Bertz CT molecular complexity index is 208. The summed E-state index contributed by atoms with van der Waals surface area (Å²) in [5, 5.41) is 0.0285. The van der Waals surface area contributed by atoms with Crippen LogP contribution in [-0.2, 0) is 8.85 Å². The molecule has 0 fully saturated rings. The van der Waals surface area contributed by atoms with E-state index in [0.29, 0.717) is 6.04 Å². The minimum absolute atomic E-state index is 0.0285. The summed E-state index contributed by atoms with van der Waals surface area (Å²) < 4.78 is 12.4. The molecule has 1 atom stereocenters. The first-order valence-electron chi connectivity index (χ1n) is 7.38. The van der Waals surface area contributed by atoms with Gasteiger partial charge in [0.1, 0.15) is 0 Å². The Hall–Kier alpha value is 0.0969. The van der Waals surface area contributed by atoms with Gasteiger partial charge >= 0.3 is 8.72 Å². The van der Waals surface area contributed by atoms with Crippen LogP contribution in [0.2, 0.25) is 5.04 Å². The highest BCUT2D eigenvalue weighted by Crippen LogP contribution is 2.36. The second-order valence-corrected chi connectivity index (χ2v) is 9.62. The van der Waals surface area contributed by atoms with Crippen molar-refractivity contribution in [3.05, 3.63) is 0 Å². The van der Waals surface area contributed by atoms with Crippen LogP contribution in [0.15, 0.2) is 0 Å². The normalized spacial score (nSPS) is 14.8. The first-order valence-corrected chi connectivity index (χ1v) is 9.20. The second-order valence-electron chi connectivity index (χ2n) is 6.02. The standard InChI is InChI=1S/C14H33NO2Si/c1-8-11-16-18(14(5,6)7,17-12-9-2)15-13(4)10-3/h13,15H,8-12H2,1-7H3. The zero-order chi connectivity index (χ0) is 14.2. The fraction of sp³-hybridized carbons (Fsp3) is 1.00. The molecule has 0 aromatic rings. The largest absolute Gasteiger partial charge is 0.430 e. The topological polar surface area (TPSA) is 30.5 Å². The number of rotatable bonds is 9. The van der Waals surface area contributed by atoms with Gasteiger partial charge in [0.2, 0.25) is 0 Å². The van der Waals surface area contributed by atoms with E-state index in [4.69, 9.17) is 8.85 Å². The van der Waals surface area contributed by atoms with E-state index in [9.17, 15) is 0 Å². The average molecular weight is 276 g/mol. The number of hydrogen-bond acceptors (Lipinski definition) is 3. The van der Waals surface area contributed by atoms with Gasteiger partial charge in [-0.1, -0.05) is 48.5 Å². The molecule has 0 saturated heterocycles. The molecule has 0 rings (SSSR count). The Kier molecular flexibility index (Phi) is 8.35. The van der Waals surface area contributed by atoms with Crippen molar-refractivity contribution in [2.45, 2.75) is 78.8 Å². The third kappa shape index (κ3) is 5.39. The van der Waals surface area contributed by atoms with Crippen molar-refractivity contribution in [2.24, 2.45) is 0 Å². The Morgan fingerprint density at radius 2 is 1.44 bits per heavy atom. The minimum Gasteiger partial charge on any atom is -0.382 e. The van der Waals surface area contributed by atoms with Crippen molar-refractivity contribution in [2.75, 3.05) is 13.2 Å². The molecule has 0 radical (unpaired) electrons. The SMILES string of the molecule is CCCO[Si](NC(C)CC)(OCCC)C(C)(C)C. The second kappa shape index (κ2) is 8.30. The summed E-state index contributed by atoms with van der Waals surface area (Å²) in [6.07, 6.45) is 3.15. The van der Waals surface area contributed by atoms with Crippen molar-refractivity contribution in [3.63, 3.8) is 0 Å². The van der Waals surface area contributed by atoms with Crippen LogP contribution < -0.4 is 4.98 Å². The molecule has 0 saturated carbocycles. The lowest BCUT2D eigenvalue weighted by Crippen LogP contribution is -2.65. The predicted molar refractivity (Wildman–Crippen MR) is 80.8 cm³/mol. The summed E-state index contributed by atoms with van der Waals surface area (Å²) >= 11 is 0. The molecule has 0 aliphatic rings. The zero-order valence-electron chi connectivity index (χ0n) is 13.4. The molecule has 0 bridgehead atoms. The van der Waals surface area contributed by atoms with Gasteiger partial charge in [0, 0.05) is 24.3 Å². The van der Waals surface area contributed by atoms with Crippen LogP contribution in [0.5, 0.6) is 0 Å². The molecule has 0 aromatic carbocycles. The Balaban J connectivity index is 4.99. The van der Waals surface area contributed by atoms with Crippen LogP contribution in [0, 0.1) is 0 Å². The van der Waals surface area contributed by atoms with Crippen LogP contribution in [0.4, 0.5) is 0 Å². The smallest absolute Gasteiger partial charge is 0.382 e. The van der Waals surface area contributed by atoms with Gasteiger partial charge in [0.25, 0.3) is 0 Å². The number of nitrogens with one attached hydrogen (secondary N) is 1. The number of hydrogen-bond donors (Lipinski definition) is 1. The van der Waals surface area contributed by atoms with Gasteiger partial charge < -0.3 is 8.85 Å². The molecule has 1 N–H and O–H groups in total. The molecule has 4 heteroatoms. The fourth-order valence-electron chi connectivity index (χ4n) is 1.69. The Labute approximate surface area is 115 Å². The van der Waals surface area contributed by atoms with E-state index >= 15 is 0 Å². The molecule has 0 aromatic heterocycles. The van der Waals surface area contributed by atoms with E-state index in [0.717, 1.165) is 32.5 Å². The molecular weight excluding hydrogens is 242 g/mol. The van der Waals surface area contributed by atoms with Gasteiger partial charge in [-0.25, -0.2) is 0 Å². The van der Waals surface area contributed by atoms with Crippen molar-refractivity contribution in [1.29, 1.82) is 0 Å². The summed E-state index contributed by atoms with van der Waals surface area (Å²) in [4.78, 5) is 3.68. The average Bonchev–Trinajstić information content (AvgIpc) is 2.30. The third-order valence-corrected chi connectivity index (χ3v) is 7.12. The maximum Gasteiger partial charge on any atom is 0.430 e. The Morgan fingerprint density at radius 3 is 1.72 bits per heavy atom. The monoisotopic (exact) mass is 275 g/mol. The van der Waals surface area contributed by atoms with Crippen molar-refractivity contribution >= 4 is 8.72 Å². The van der Waals surface area contributed by atoms with Gasteiger partial charge in [-0.2, -0.15) is 0 Å². The molecule has 18 heavy (non-hydrogen) atoms. The molecule has 0 aliphatic carbocycles. The summed E-state index contributed by atoms with van der Waals surface area (Å²) in [6, 6.07) is 0.435. The molecule has 0 aliphatic heterocycles. The van der Waals surface area contributed by atoms with Crippen molar-refractivity contribution in [1.82, 2.24) is 4.98 Å². The van der Waals surface area contributed by atoms with Crippen LogP contribution >= 0.6 is 0 Å².